The molecule has 0 aliphatic heterocycles. The molecule has 13 heavy (non-hydrogen) atoms. The normalized spacial score (nSPS) is 40.6. The van der Waals surface area contributed by atoms with Crippen molar-refractivity contribution in [2.24, 2.45) is 22.4 Å². The summed E-state index contributed by atoms with van der Waals surface area (Å²) < 4.78 is 0. The molecule has 2 fully saturated rings. The van der Waals surface area contributed by atoms with Gasteiger partial charge in [-0.3, -0.25) is 0 Å². The van der Waals surface area contributed by atoms with Gasteiger partial charge in [0, 0.05) is 0 Å². The Morgan fingerprint density at radius 1 is 1.38 bits per heavy atom. The van der Waals surface area contributed by atoms with E-state index in [1.807, 2.05) is 0 Å². The van der Waals surface area contributed by atoms with Crippen molar-refractivity contribution in [1.29, 1.82) is 0 Å². The molecule has 2 rings (SSSR count). The van der Waals surface area contributed by atoms with Crippen LogP contribution in [-0.4, -0.2) is 10.9 Å². The molecule has 0 aromatic rings. The van der Waals surface area contributed by atoms with Crippen LogP contribution in [0.3, 0.4) is 0 Å². The molecule has 74 valence electrons. The molecule has 0 aromatic carbocycles. The zero-order valence-electron chi connectivity index (χ0n) is 8.58. The van der Waals surface area contributed by atoms with Crippen LogP contribution in [0.1, 0.15) is 46.0 Å². The Hall–Kier alpha value is -0.530. The number of hydrogen-bond donors (Lipinski definition) is 1. The highest BCUT2D eigenvalue weighted by atomic mass is 16.4. The van der Waals surface area contributed by atoms with Gasteiger partial charge >= 0.3 is 0 Å². The van der Waals surface area contributed by atoms with Gasteiger partial charge in [-0.25, -0.2) is 0 Å². The van der Waals surface area contributed by atoms with Crippen molar-refractivity contribution in [3.8, 4) is 0 Å². The van der Waals surface area contributed by atoms with Crippen molar-refractivity contribution in [1.82, 2.24) is 0 Å². The summed E-state index contributed by atoms with van der Waals surface area (Å²) in [5.41, 5.74) is 1.50. The van der Waals surface area contributed by atoms with Crippen molar-refractivity contribution in [2.45, 2.75) is 46.0 Å². The van der Waals surface area contributed by atoms with Gasteiger partial charge in [-0.1, -0.05) is 25.4 Å². The summed E-state index contributed by atoms with van der Waals surface area (Å²) in [4.78, 5) is 0. The highest BCUT2D eigenvalue weighted by Crippen LogP contribution is 2.50. The van der Waals surface area contributed by atoms with Gasteiger partial charge in [0.05, 0.1) is 5.71 Å². The van der Waals surface area contributed by atoms with E-state index in [9.17, 15) is 0 Å². The van der Waals surface area contributed by atoms with Crippen LogP contribution in [0.15, 0.2) is 5.16 Å². The highest BCUT2D eigenvalue weighted by Gasteiger charge is 2.43. The molecule has 2 heteroatoms. The van der Waals surface area contributed by atoms with Gasteiger partial charge in [0.2, 0.25) is 0 Å². The Morgan fingerprint density at radius 2 is 2.15 bits per heavy atom. The lowest BCUT2D eigenvalue weighted by atomic mass is 9.65. The molecule has 0 unspecified atom stereocenters. The Morgan fingerprint density at radius 3 is 2.77 bits per heavy atom. The molecule has 2 atom stereocenters. The van der Waals surface area contributed by atoms with E-state index in [-0.39, 0.29) is 0 Å². The minimum Gasteiger partial charge on any atom is -0.411 e. The molecule has 2 aliphatic rings. The third-order valence-corrected chi connectivity index (χ3v) is 4.06. The smallest absolute Gasteiger partial charge is 0.0576 e. The predicted octanol–water partition coefficient (Wildman–Crippen LogP) is 3.05. The fourth-order valence-corrected chi connectivity index (χ4v) is 3.25. The van der Waals surface area contributed by atoms with E-state index in [4.69, 9.17) is 5.21 Å². The van der Waals surface area contributed by atoms with Crippen molar-refractivity contribution in [2.75, 3.05) is 0 Å². The topological polar surface area (TPSA) is 32.6 Å². The maximum Gasteiger partial charge on any atom is 0.0576 e. The largest absolute Gasteiger partial charge is 0.411 e. The summed E-state index contributed by atoms with van der Waals surface area (Å²) in [5, 5.41) is 12.2. The molecule has 1 N–H and O–H groups in total. The third-order valence-electron chi connectivity index (χ3n) is 4.06. The minimum absolute atomic E-state index is 0.468. The van der Waals surface area contributed by atoms with Gasteiger partial charge in [-0.2, -0.15) is 0 Å². The zero-order valence-corrected chi connectivity index (χ0v) is 8.58. The second-order valence-electron chi connectivity index (χ2n) is 5.32. The first-order valence-electron chi connectivity index (χ1n) is 5.33. The Balaban J connectivity index is 2.17. The summed E-state index contributed by atoms with van der Waals surface area (Å²) in [5.74, 6) is 1.57. The fraction of sp³-hybridized carbons (Fsp3) is 0.909. The van der Waals surface area contributed by atoms with Crippen LogP contribution < -0.4 is 0 Å². The zero-order chi connectivity index (χ0) is 9.47. The van der Waals surface area contributed by atoms with Gasteiger partial charge in [-0.05, 0) is 42.9 Å². The first-order valence-corrected chi connectivity index (χ1v) is 5.33. The molecule has 0 bridgehead atoms. The number of fused-ring (bicyclic) bond motifs is 1. The predicted molar refractivity (Wildman–Crippen MR) is 53.1 cm³/mol. The van der Waals surface area contributed by atoms with Crippen LogP contribution in [0, 0.1) is 17.3 Å². The average molecular weight is 181 g/mol. The van der Waals surface area contributed by atoms with Crippen LogP contribution in [0.25, 0.3) is 0 Å². The maximum absolute atomic E-state index is 8.77. The fourth-order valence-electron chi connectivity index (χ4n) is 3.25. The number of hydrogen-bond acceptors (Lipinski definition) is 2. The standard InChI is InChI=1S/C11H19NO/c1-11(2)5-3-4-8-6-9(12-13)7-10(8)11/h8,10,13H,3-7H2,1-2H3/b12-9-/t8-,10+/m1/s1. The van der Waals surface area contributed by atoms with Gasteiger partial charge in [0.1, 0.15) is 0 Å². The molecule has 2 aliphatic carbocycles. The van der Waals surface area contributed by atoms with E-state index >= 15 is 0 Å². The van der Waals surface area contributed by atoms with Crippen molar-refractivity contribution >= 4 is 5.71 Å². The SMILES string of the molecule is CC1(C)CCC[C@@H]2C/C(=N/O)C[C@@H]21. The summed E-state index contributed by atoms with van der Waals surface area (Å²) in [7, 11) is 0. The van der Waals surface area contributed by atoms with Gasteiger partial charge < -0.3 is 5.21 Å². The van der Waals surface area contributed by atoms with Crippen LogP contribution in [0.5, 0.6) is 0 Å². The minimum atomic E-state index is 0.468. The summed E-state index contributed by atoms with van der Waals surface area (Å²) >= 11 is 0. The van der Waals surface area contributed by atoms with E-state index in [0.29, 0.717) is 5.41 Å². The Bertz CT molecular complexity index is 232. The Kier molecular flexibility index (Phi) is 2.09. The average Bonchev–Trinajstić information content (AvgIpc) is 2.48. The van der Waals surface area contributed by atoms with Gasteiger partial charge in [0.15, 0.2) is 0 Å². The molecular formula is C11H19NO. The maximum atomic E-state index is 8.77. The van der Waals surface area contributed by atoms with E-state index in [0.717, 1.165) is 30.4 Å². The van der Waals surface area contributed by atoms with Crippen molar-refractivity contribution in [3.63, 3.8) is 0 Å². The monoisotopic (exact) mass is 181 g/mol. The molecule has 2 nitrogen and oxygen atoms in total. The lowest BCUT2D eigenvalue weighted by molar-refractivity contribution is 0.0991. The first kappa shape index (κ1) is 9.04. The highest BCUT2D eigenvalue weighted by molar-refractivity contribution is 5.86. The van der Waals surface area contributed by atoms with E-state index in [1.165, 1.54) is 19.3 Å². The second-order valence-corrected chi connectivity index (χ2v) is 5.32. The second kappa shape index (κ2) is 3.00. The van der Waals surface area contributed by atoms with Gasteiger partial charge in [0.25, 0.3) is 0 Å². The molecule has 0 radical (unpaired) electrons. The first-order chi connectivity index (χ1) is 6.13. The van der Waals surface area contributed by atoms with Gasteiger partial charge in [-0.15, -0.1) is 0 Å². The van der Waals surface area contributed by atoms with Crippen molar-refractivity contribution in [3.05, 3.63) is 0 Å². The van der Waals surface area contributed by atoms with E-state index in [2.05, 4.69) is 19.0 Å². The van der Waals surface area contributed by atoms with Crippen LogP contribution in [-0.2, 0) is 0 Å². The van der Waals surface area contributed by atoms with Crippen LogP contribution >= 0.6 is 0 Å². The quantitative estimate of drug-likeness (QED) is 0.452. The molecule has 0 heterocycles. The number of nitrogens with zero attached hydrogens (tertiary/aromatic N) is 1. The van der Waals surface area contributed by atoms with Crippen molar-refractivity contribution < 1.29 is 5.21 Å². The third kappa shape index (κ3) is 1.47. The molecule has 0 spiro atoms. The van der Waals surface area contributed by atoms with Crippen LogP contribution in [0.4, 0.5) is 0 Å². The summed E-state index contributed by atoms with van der Waals surface area (Å²) in [6, 6.07) is 0. The molecular weight excluding hydrogens is 162 g/mol. The lowest BCUT2D eigenvalue weighted by Gasteiger charge is -2.40. The molecule has 2 saturated carbocycles. The Labute approximate surface area is 80.0 Å². The van der Waals surface area contributed by atoms with E-state index < -0.39 is 0 Å². The van der Waals surface area contributed by atoms with E-state index in [1.54, 1.807) is 0 Å². The van der Waals surface area contributed by atoms with Crippen LogP contribution in [0.2, 0.25) is 0 Å². The lowest BCUT2D eigenvalue weighted by Crippen LogP contribution is -2.31. The summed E-state index contributed by atoms with van der Waals surface area (Å²) in [6.45, 7) is 4.73. The molecule has 0 saturated heterocycles. The summed E-state index contributed by atoms with van der Waals surface area (Å²) in [6.07, 6.45) is 6.12. The molecule has 0 amide bonds. The molecule has 0 aromatic heterocycles. The number of rotatable bonds is 0. The number of oxime groups is 1.